The van der Waals surface area contributed by atoms with Gasteiger partial charge >= 0.3 is 0 Å². The Bertz CT molecular complexity index is 710. The molecule has 1 heterocycles. The van der Waals surface area contributed by atoms with Gasteiger partial charge in [-0.2, -0.15) is 0 Å². The molecule has 0 aromatic heterocycles. The van der Waals surface area contributed by atoms with Gasteiger partial charge < -0.3 is 9.80 Å². The highest BCUT2D eigenvalue weighted by atomic mass is 15.4. The van der Waals surface area contributed by atoms with Gasteiger partial charge in [0, 0.05) is 24.5 Å². The minimum Gasteiger partial charge on any atom is -0.352 e. The maximum atomic E-state index is 2.55. The molecule has 0 spiro atoms. The van der Waals surface area contributed by atoms with Gasteiger partial charge in [-0.3, -0.25) is 0 Å². The molecule has 1 fully saturated rings. The zero-order valence-electron chi connectivity index (χ0n) is 19.8. The van der Waals surface area contributed by atoms with Crippen LogP contribution in [0.2, 0.25) is 0 Å². The van der Waals surface area contributed by atoms with Crippen LogP contribution in [0, 0.1) is 0 Å². The molecule has 2 aromatic rings. The molecule has 0 unspecified atom stereocenters. The van der Waals surface area contributed by atoms with E-state index in [1.165, 1.54) is 33.6 Å². The normalized spacial score (nSPS) is 14.9. The standard InChI is InChI=1S/C27H40N2/c1-18(2)22-11-23(19(3)4)14-26(13-22)28-9-10-29(17-28)27-15-24(20(5)6)12-25(16-27)21(7)8/h11-16,18-21H,9-10,17H2,1-8H3. The Hall–Kier alpha value is -1.96. The Morgan fingerprint density at radius 3 is 1.00 bits per heavy atom. The molecule has 2 aromatic carbocycles. The number of hydrogen-bond donors (Lipinski definition) is 0. The van der Waals surface area contributed by atoms with Crippen LogP contribution in [-0.4, -0.2) is 19.8 Å². The maximum Gasteiger partial charge on any atom is 0.0904 e. The Kier molecular flexibility index (Phi) is 6.61. The molecule has 158 valence electrons. The fourth-order valence-corrected chi connectivity index (χ4v) is 4.03. The van der Waals surface area contributed by atoms with Gasteiger partial charge in [-0.1, -0.05) is 67.5 Å². The minimum atomic E-state index is 0.558. The van der Waals surface area contributed by atoms with Crippen LogP contribution in [0.4, 0.5) is 11.4 Å². The van der Waals surface area contributed by atoms with Gasteiger partial charge in [0.1, 0.15) is 0 Å². The summed E-state index contributed by atoms with van der Waals surface area (Å²) in [5.41, 5.74) is 8.57. The first kappa shape index (κ1) is 21.7. The predicted octanol–water partition coefficient (Wildman–Crippen LogP) is 7.46. The van der Waals surface area contributed by atoms with Crippen molar-refractivity contribution in [3.8, 4) is 0 Å². The average molecular weight is 393 g/mol. The van der Waals surface area contributed by atoms with E-state index in [1.54, 1.807) is 0 Å². The molecule has 0 aliphatic carbocycles. The molecule has 0 bridgehead atoms. The molecule has 0 radical (unpaired) electrons. The van der Waals surface area contributed by atoms with Crippen molar-refractivity contribution in [3.05, 3.63) is 58.7 Å². The predicted molar refractivity (Wildman–Crippen MR) is 129 cm³/mol. The van der Waals surface area contributed by atoms with E-state index in [4.69, 9.17) is 0 Å². The van der Waals surface area contributed by atoms with Gasteiger partial charge in [-0.05, 0) is 70.2 Å². The monoisotopic (exact) mass is 392 g/mol. The molecule has 0 atom stereocenters. The van der Waals surface area contributed by atoms with Crippen molar-refractivity contribution in [2.75, 3.05) is 29.6 Å². The van der Waals surface area contributed by atoms with Crippen LogP contribution in [0.5, 0.6) is 0 Å². The summed E-state index contributed by atoms with van der Waals surface area (Å²) in [5, 5.41) is 0. The van der Waals surface area contributed by atoms with Crippen molar-refractivity contribution in [1.29, 1.82) is 0 Å². The van der Waals surface area contributed by atoms with Crippen LogP contribution in [0.3, 0.4) is 0 Å². The van der Waals surface area contributed by atoms with Crippen molar-refractivity contribution in [2.45, 2.75) is 79.1 Å². The summed E-state index contributed by atoms with van der Waals surface area (Å²) in [7, 11) is 0. The third-order valence-corrected chi connectivity index (χ3v) is 6.30. The van der Waals surface area contributed by atoms with Crippen LogP contribution in [0.1, 0.15) is 101 Å². The summed E-state index contributed by atoms with van der Waals surface area (Å²) < 4.78 is 0. The molecule has 1 aliphatic heterocycles. The minimum absolute atomic E-state index is 0.558. The zero-order valence-corrected chi connectivity index (χ0v) is 19.8. The molecule has 2 heteroatoms. The van der Waals surface area contributed by atoms with Crippen LogP contribution < -0.4 is 9.80 Å². The van der Waals surface area contributed by atoms with Crippen molar-refractivity contribution in [2.24, 2.45) is 0 Å². The van der Waals surface area contributed by atoms with E-state index in [2.05, 4.69) is 102 Å². The van der Waals surface area contributed by atoms with Crippen LogP contribution >= 0.6 is 0 Å². The number of rotatable bonds is 6. The smallest absolute Gasteiger partial charge is 0.0904 e. The molecule has 0 N–H and O–H groups in total. The van der Waals surface area contributed by atoms with E-state index < -0.39 is 0 Å². The molecular weight excluding hydrogens is 352 g/mol. The SMILES string of the molecule is CC(C)c1cc(C(C)C)cc(N2CCN(c3cc(C(C)C)cc(C(C)C)c3)C2)c1. The summed E-state index contributed by atoms with van der Waals surface area (Å²) in [6, 6.07) is 14.4. The number of benzene rings is 2. The van der Waals surface area contributed by atoms with Gasteiger partial charge in [-0.15, -0.1) is 0 Å². The number of hydrogen-bond acceptors (Lipinski definition) is 2. The van der Waals surface area contributed by atoms with Crippen molar-refractivity contribution < 1.29 is 0 Å². The Morgan fingerprint density at radius 2 is 0.759 bits per heavy atom. The lowest BCUT2D eigenvalue weighted by Gasteiger charge is -2.25. The Morgan fingerprint density at radius 1 is 0.483 bits per heavy atom. The Balaban J connectivity index is 1.89. The molecule has 1 saturated heterocycles. The highest BCUT2D eigenvalue weighted by molar-refractivity contribution is 5.59. The highest BCUT2D eigenvalue weighted by Gasteiger charge is 2.23. The highest BCUT2D eigenvalue weighted by Crippen LogP contribution is 2.32. The Labute approximate surface area is 178 Å². The van der Waals surface area contributed by atoms with E-state index in [1.807, 2.05) is 0 Å². The molecule has 1 aliphatic rings. The summed E-state index contributed by atoms with van der Waals surface area (Å²) in [5.74, 6) is 2.23. The number of anilines is 2. The van der Waals surface area contributed by atoms with Crippen molar-refractivity contribution >= 4 is 11.4 Å². The van der Waals surface area contributed by atoms with Crippen LogP contribution in [-0.2, 0) is 0 Å². The quantitative estimate of drug-likeness (QED) is 0.503. The first-order chi connectivity index (χ1) is 13.7. The van der Waals surface area contributed by atoms with Crippen LogP contribution in [0.25, 0.3) is 0 Å². The summed E-state index contributed by atoms with van der Waals surface area (Å²) in [4.78, 5) is 5.10. The van der Waals surface area contributed by atoms with Crippen LogP contribution in [0.15, 0.2) is 36.4 Å². The maximum absolute atomic E-state index is 2.55. The third kappa shape index (κ3) is 4.97. The molecule has 0 amide bonds. The number of nitrogens with zero attached hydrogens (tertiary/aromatic N) is 2. The van der Waals surface area contributed by atoms with E-state index in [0.29, 0.717) is 23.7 Å². The fourth-order valence-electron chi connectivity index (χ4n) is 4.03. The summed E-state index contributed by atoms with van der Waals surface area (Å²) in [6.45, 7) is 21.5. The average Bonchev–Trinajstić information content (AvgIpc) is 3.17. The lowest BCUT2D eigenvalue weighted by atomic mass is 9.94. The lowest BCUT2D eigenvalue weighted by molar-refractivity contribution is 0.826. The fraction of sp³-hybridized carbons (Fsp3) is 0.556. The molecule has 29 heavy (non-hydrogen) atoms. The first-order valence-electron chi connectivity index (χ1n) is 11.4. The van der Waals surface area contributed by atoms with Gasteiger partial charge in [-0.25, -0.2) is 0 Å². The second-order valence-corrected chi connectivity index (χ2v) is 10.0. The largest absolute Gasteiger partial charge is 0.352 e. The second kappa shape index (κ2) is 8.81. The summed E-state index contributed by atoms with van der Waals surface area (Å²) >= 11 is 0. The van der Waals surface area contributed by atoms with E-state index in [9.17, 15) is 0 Å². The zero-order chi connectivity index (χ0) is 21.3. The topological polar surface area (TPSA) is 6.48 Å². The summed E-state index contributed by atoms with van der Waals surface area (Å²) in [6.07, 6.45) is 0. The van der Waals surface area contributed by atoms with Gasteiger partial charge in [0.25, 0.3) is 0 Å². The third-order valence-electron chi connectivity index (χ3n) is 6.30. The first-order valence-corrected chi connectivity index (χ1v) is 11.4. The lowest BCUT2D eigenvalue weighted by Crippen LogP contribution is -2.25. The van der Waals surface area contributed by atoms with Crippen molar-refractivity contribution in [3.63, 3.8) is 0 Å². The van der Waals surface area contributed by atoms with Crippen molar-refractivity contribution in [1.82, 2.24) is 0 Å². The van der Waals surface area contributed by atoms with Gasteiger partial charge in [0.2, 0.25) is 0 Å². The second-order valence-electron chi connectivity index (χ2n) is 10.0. The molecule has 2 nitrogen and oxygen atoms in total. The molecule has 0 saturated carbocycles. The van der Waals surface area contributed by atoms with E-state index in [-0.39, 0.29) is 0 Å². The van der Waals surface area contributed by atoms with E-state index in [0.717, 1.165) is 19.8 Å². The molecular formula is C27H40N2. The van der Waals surface area contributed by atoms with Gasteiger partial charge in [0.15, 0.2) is 0 Å². The molecule has 3 rings (SSSR count). The van der Waals surface area contributed by atoms with E-state index >= 15 is 0 Å². The van der Waals surface area contributed by atoms with Gasteiger partial charge in [0.05, 0.1) is 6.67 Å².